The molecule has 0 aliphatic heterocycles. The second kappa shape index (κ2) is 8.55. The van der Waals surface area contributed by atoms with Crippen LogP contribution in [-0.4, -0.2) is 11.1 Å². The Kier molecular flexibility index (Phi) is 7.38. The molecule has 0 fully saturated rings. The first kappa shape index (κ1) is 19.0. The molecule has 22 heavy (non-hydrogen) atoms. The van der Waals surface area contributed by atoms with E-state index in [0.29, 0.717) is 11.3 Å². The van der Waals surface area contributed by atoms with Gasteiger partial charge in [-0.05, 0) is 48.3 Å². The average Bonchev–Trinajstić information content (AvgIpc) is 2.36. The van der Waals surface area contributed by atoms with Crippen LogP contribution in [0.4, 0.5) is 0 Å². The third-order valence-corrected chi connectivity index (χ3v) is 5.17. The summed E-state index contributed by atoms with van der Waals surface area (Å²) in [6, 6.07) is 0. The predicted octanol–water partition coefficient (Wildman–Crippen LogP) is 5.70. The topological polar surface area (TPSA) is 37.3 Å². The second-order valence-electron chi connectivity index (χ2n) is 7.96. The largest absolute Gasteiger partial charge is 0.481 e. The molecule has 0 aromatic heterocycles. The van der Waals surface area contributed by atoms with Crippen LogP contribution in [0.1, 0.15) is 66.7 Å². The number of carbonyl (C=O) groups is 1. The number of hydrogen-bond donors (Lipinski definition) is 1. The lowest BCUT2D eigenvalue weighted by Gasteiger charge is -2.39. The van der Waals surface area contributed by atoms with Crippen molar-refractivity contribution in [3.63, 3.8) is 0 Å². The van der Waals surface area contributed by atoms with Crippen LogP contribution in [0, 0.1) is 29.1 Å². The molecule has 1 aliphatic rings. The fourth-order valence-electron chi connectivity index (χ4n) is 3.73. The van der Waals surface area contributed by atoms with Gasteiger partial charge in [0, 0.05) is 0 Å². The quantitative estimate of drug-likeness (QED) is 0.584. The maximum absolute atomic E-state index is 10.6. The van der Waals surface area contributed by atoms with E-state index in [0.717, 1.165) is 18.3 Å². The van der Waals surface area contributed by atoms with Crippen molar-refractivity contribution in [1.29, 1.82) is 0 Å². The van der Waals surface area contributed by atoms with Crippen LogP contribution in [-0.2, 0) is 4.79 Å². The van der Waals surface area contributed by atoms with Gasteiger partial charge in [0.05, 0.1) is 6.42 Å². The van der Waals surface area contributed by atoms with E-state index < -0.39 is 5.97 Å². The minimum atomic E-state index is -0.716. The van der Waals surface area contributed by atoms with E-state index in [1.54, 1.807) is 0 Å². The van der Waals surface area contributed by atoms with Crippen LogP contribution in [0.2, 0.25) is 0 Å². The van der Waals surface area contributed by atoms with Crippen LogP contribution < -0.4 is 0 Å². The van der Waals surface area contributed by atoms with Gasteiger partial charge < -0.3 is 5.11 Å². The van der Waals surface area contributed by atoms with Crippen molar-refractivity contribution in [2.45, 2.75) is 66.7 Å². The molecule has 1 N–H and O–H groups in total. The smallest absolute Gasteiger partial charge is 0.303 e. The fourth-order valence-corrected chi connectivity index (χ4v) is 3.73. The van der Waals surface area contributed by atoms with Gasteiger partial charge in [-0.2, -0.15) is 0 Å². The normalized spacial score (nSPS) is 27.0. The molecule has 2 nitrogen and oxygen atoms in total. The fraction of sp³-hybridized carbons (Fsp3) is 0.750. The minimum Gasteiger partial charge on any atom is -0.481 e. The highest BCUT2D eigenvalue weighted by molar-refractivity contribution is 5.67. The standard InChI is InChI=1S/C20H34O2/c1-15(8-6-9-16(2)14-19(21)22)11-12-18-17(3)10-7-13-20(18,4)5/h6-7,9,13,15-18H,8,10-12,14H2,1-5H3,(H,21,22)/b9-6+/t15-,16-,17+,18+/m1/s1. The van der Waals surface area contributed by atoms with Gasteiger partial charge in [0.2, 0.25) is 0 Å². The minimum absolute atomic E-state index is 0.132. The first-order valence-electron chi connectivity index (χ1n) is 8.78. The number of hydrogen-bond acceptors (Lipinski definition) is 1. The Labute approximate surface area is 136 Å². The molecule has 0 aromatic rings. The van der Waals surface area contributed by atoms with Gasteiger partial charge >= 0.3 is 5.97 Å². The van der Waals surface area contributed by atoms with E-state index in [4.69, 9.17) is 5.11 Å². The Balaban J connectivity index is 2.36. The first-order valence-corrected chi connectivity index (χ1v) is 8.78. The first-order chi connectivity index (χ1) is 10.2. The molecule has 0 aromatic carbocycles. The second-order valence-corrected chi connectivity index (χ2v) is 7.96. The van der Waals surface area contributed by atoms with Crippen LogP contribution in [0.5, 0.6) is 0 Å². The van der Waals surface area contributed by atoms with Crippen molar-refractivity contribution in [3.05, 3.63) is 24.3 Å². The maximum Gasteiger partial charge on any atom is 0.303 e. The summed E-state index contributed by atoms with van der Waals surface area (Å²) in [6.07, 6.45) is 14.0. The summed E-state index contributed by atoms with van der Waals surface area (Å²) in [4.78, 5) is 10.6. The Morgan fingerprint density at radius 3 is 2.68 bits per heavy atom. The highest BCUT2D eigenvalue weighted by atomic mass is 16.4. The van der Waals surface area contributed by atoms with Gasteiger partial charge in [-0.25, -0.2) is 0 Å². The van der Waals surface area contributed by atoms with Crippen molar-refractivity contribution < 1.29 is 9.90 Å². The number of rotatable bonds is 8. The Morgan fingerprint density at radius 2 is 2.09 bits per heavy atom. The van der Waals surface area contributed by atoms with Gasteiger partial charge in [0.1, 0.15) is 0 Å². The maximum atomic E-state index is 10.6. The Morgan fingerprint density at radius 1 is 1.41 bits per heavy atom. The molecule has 126 valence electrons. The number of allylic oxidation sites excluding steroid dienone is 4. The molecule has 0 amide bonds. The zero-order valence-electron chi connectivity index (χ0n) is 15.0. The summed E-state index contributed by atoms with van der Waals surface area (Å²) in [5, 5.41) is 8.76. The van der Waals surface area contributed by atoms with E-state index in [-0.39, 0.29) is 12.3 Å². The van der Waals surface area contributed by atoms with Crippen LogP contribution in [0.25, 0.3) is 0 Å². The predicted molar refractivity (Wildman–Crippen MR) is 93.8 cm³/mol. The van der Waals surface area contributed by atoms with E-state index in [9.17, 15) is 4.79 Å². The summed E-state index contributed by atoms with van der Waals surface area (Å²) >= 11 is 0. The van der Waals surface area contributed by atoms with Crippen molar-refractivity contribution in [1.82, 2.24) is 0 Å². The molecule has 2 heteroatoms. The van der Waals surface area contributed by atoms with Crippen LogP contribution in [0.15, 0.2) is 24.3 Å². The lowest BCUT2D eigenvalue weighted by Crippen LogP contribution is -2.30. The lowest BCUT2D eigenvalue weighted by atomic mass is 9.65. The monoisotopic (exact) mass is 306 g/mol. The summed E-state index contributed by atoms with van der Waals surface area (Å²) in [7, 11) is 0. The van der Waals surface area contributed by atoms with Gasteiger partial charge in [0.25, 0.3) is 0 Å². The Hall–Kier alpha value is -1.05. The highest BCUT2D eigenvalue weighted by Crippen LogP contribution is 2.42. The summed E-state index contributed by atoms with van der Waals surface area (Å²) in [5.74, 6) is 1.63. The summed E-state index contributed by atoms with van der Waals surface area (Å²) in [5.41, 5.74) is 0.323. The molecule has 0 spiro atoms. The third kappa shape index (κ3) is 6.37. The molecule has 4 atom stereocenters. The SMILES string of the molecule is C[C@H](C/C=C/[C@@H](C)CC(=O)O)CC[C@H]1[C@@H](C)CC=CC1(C)C. The molecular formula is C20H34O2. The van der Waals surface area contributed by atoms with Crippen molar-refractivity contribution >= 4 is 5.97 Å². The van der Waals surface area contributed by atoms with Crippen LogP contribution >= 0.6 is 0 Å². The van der Waals surface area contributed by atoms with E-state index in [1.165, 1.54) is 19.3 Å². The van der Waals surface area contributed by atoms with E-state index in [1.807, 2.05) is 6.92 Å². The zero-order valence-corrected chi connectivity index (χ0v) is 15.0. The summed E-state index contributed by atoms with van der Waals surface area (Å²) < 4.78 is 0. The van der Waals surface area contributed by atoms with Gasteiger partial charge in [-0.3, -0.25) is 4.79 Å². The molecule has 0 saturated heterocycles. The molecular weight excluding hydrogens is 272 g/mol. The molecule has 0 bridgehead atoms. The average molecular weight is 306 g/mol. The number of carboxylic acids is 1. The van der Waals surface area contributed by atoms with E-state index >= 15 is 0 Å². The number of carboxylic acid groups (broad SMARTS) is 1. The molecule has 0 radical (unpaired) electrons. The van der Waals surface area contributed by atoms with E-state index in [2.05, 4.69) is 52.0 Å². The third-order valence-electron chi connectivity index (χ3n) is 5.17. The van der Waals surface area contributed by atoms with Crippen molar-refractivity contribution in [2.75, 3.05) is 0 Å². The van der Waals surface area contributed by atoms with Gasteiger partial charge in [-0.15, -0.1) is 0 Å². The highest BCUT2D eigenvalue weighted by Gasteiger charge is 2.33. The van der Waals surface area contributed by atoms with Crippen molar-refractivity contribution in [3.8, 4) is 0 Å². The van der Waals surface area contributed by atoms with Gasteiger partial charge in [0.15, 0.2) is 0 Å². The van der Waals surface area contributed by atoms with Crippen LogP contribution in [0.3, 0.4) is 0 Å². The molecule has 0 heterocycles. The van der Waals surface area contributed by atoms with Gasteiger partial charge in [-0.1, -0.05) is 65.3 Å². The molecule has 1 aliphatic carbocycles. The molecule has 0 unspecified atom stereocenters. The number of aliphatic carboxylic acids is 1. The summed E-state index contributed by atoms with van der Waals surface area (Å²) in [6.45, 7) is 11.4. The molecule has 1 rings (SSSR count). The zero-order chi connectivity index (χ0) is 16.8. The Bertz CT molecular complexity index is 406. The molecule has 0 saturated carbocycles. The van der Waals surface area contributed by atoms with Crippen molar-refractivity contribution in [2.24, 2.45) is 29.1 Å². The lowest BCUT2D eigenvalue weighted by molar-refractivity contribution is -0.137.